The van der Waals surface area contributed by atoms with Crippen LogP contribution in [-0.2, 0) is 9.57 Å². The maximum atomic E-state index is 13.7. The summed E-state index contributed by atoms with van der Waals surface area (Å²) in [6.07, 6.45) is 1.72. The van der Waals surface area contributed by atoms with E-state index in [1.54, 1.807) is 9.80 Å². The van der Waals surface area contributed by atoms with Gasteiger partial charge >= 0.3 is 6.09 Å². The zero-order chi connectivity index (χ0) is 28.3. The average molecular weight is 546 g/mol. The van der Waals surface area contributed by atoms with Gasteiger partial charge in [-0.1, -0.05) is 52.8 Å². The highest BCUT2D eigenvalue weighted by Gasteiger charge is 2.39. The Morgan fingerprint density at radius 3 is 2.48 bits per heavy atom. The molecule has 0 radical (unpaired) electrons. The van der Waals surface area contributed by atoms with E-state index in [9.17, 15) is 9.59 Å². The molecule has 5 rings (SSSR count). The van der Waals surface area contributed by atoms with Crippen LogP contribution in [0.2, 0.25) is 0 Å². The average Bonchev–Trinajstić information content (AvgIpc) is 3.60. The molecule has 10 heteroatoms. The zero-order valence-electron chi connectivity index (χ0n) is 23.4. The van der Waals surface area contributed by atoms with Crippen molar-refractivity contribution in [3.8, 4) is 11.1 Å². The standard InChI is InChI=1S/C30H35N5O5/c1-30(2,3)39-29(37)34-16-8-11-23(18-34)27-31-26(33-40-27)25-17-24(32-38-4)19-35(25)28(36)22-14-12-21(13-15-22)20-9-6-5-7-10-20/h5-7,9-10,12-15,23,25H,8,11,16-19H2,1-4H3/t23-,25-/m0/s1. The number of hydrogen-bond donors (Lipinski definition) is 0. The molecule has 0 aliphatic carbocycles. The van der Waals surface area contributed by atoms with Gasteiger partial charge in [0.25, 0.3) is 5.91 Å². The molecular weight excluding hydrogens is 510 g/mol. The van der Waals surface area contributed by atoms with Gasteiger partial charge in [-0.05, 0) is 56.9 Å². The molecule has 10 nitrogen and oxygen atoms in total. The first-order chi connectivity index (χ1) is 19.2. The van der Waals surface area contributed by atoms with Crippen LogP contribution in [0.4, 0.5) is 4.79 Å². The van der Waals surface area contributed by atoms with Crippen LogP contribution >= 0.6 is 0 Å². The van der Waals surface area contributed by atoms with Crippen molar-refractivity contribution in [2.75, 3.05) is 26.7 Å². The van der Waals surface area contributed by atoms with Gasteiger partial charge in [-0.3, -0.25) is 4.79 Å². The summed E-state index contributed by atoms with van der Waals surface area (Å²) < 4.78 is 11.2. The highest BCUT2D eigenvalue weighted by atomic mass is 16.6. The van der Waals surface area contributed by atoms with Crippen molar-refractivity contribution < 1.29 is 23.7 Å². The van der Waals surface area contributed by atoms with Crippen LogP contribution < -0.4 is 0 Å². The molecule has 2 aliphatic rings. The Bertz CT molecular complexity index is 1360. The second-order valence-corrected chi connectivity index (χ2v) is 11.2. The second kappa shape index (κ2) is 11.5. The number of piperidine rings is 1. The molecule has 0 N–H and O–H groups in total. The first-order valence-corrected chi connectivity index (χ1v) is 13.6. The number of benzene rings is 2. The predicted octanol–water partition coefficient (Wildman–Crippen LogP) is 5.44. The lowest BCUT2D eigenvalue weighted by Gasteiger charge is -2.32. The Morgan fingerprint density at radius 1 is 1.05 bits per heavy atom. The molecule has 210 valence electrons. The van der Waals surface area contributed by atoms with Crippen LogP contribution in [0.25, 0.3) is 11.1 Å². The summed E-state index contributed by atoms with van der Waals surface area (Å²) in [5.74, 6) is 0.622. The van der Waals surface area contributed by atoms with Gasteiger partial charge in [-0.25, -0.2) is 4.79 Å². The molecule has 2 fully saturated rings. The summed E-state index contributed by atoms with van der Waals surface area (Å²) >= 11 is 0. The van der Waals surface area contributed by atoms with Gasteiger partial charge < -0.3 is 23.9 Å². The Kier molecular flexibility index (Phi) is 7.86. The minimum Gasteiger partial charge on any atom is -0.444 e. The number of amides is 2. The molecule has 0 spiro atoms. The number of carbonyl (C=O) groups is 2. The second-order valence-electron chi connectivity index (χ2n) is 11.2. The first kappa shape index (κ1) is 27.4. The lowest BCUT2D eigenvalue weighted by Crippen LogP contribution is -2.42. The molecule has 0 saturated carbocycles. The van der Waals surface area contributed by atoms with Crippen molar-refractivity contribution in [1.82, 2.24) is 19.9 Å². The van der Waals surface area contributed by atoms with Crippen molar-refractivity contribution in [3.05, 3.63) is 71.9 Å². The molecule has 2 saturated heterocycles. The maximum Gasteiger partial charge on any atom is 0.410 e. The van der Waals surface area contributed by atoms with Crippen molar-refractivity contribution in [2.45, 2.75) is 57.6 Å². The molecule has 2 amide bonds. The van der Waals surface area contributed by atoms with Crippen LogP contribution in [-0.4, -0.2) is 70.0 Å². The van der Waals surface area contributed by atoms with Crippen molar-refractivity contribution in [3.63, 3.8) is 0 Å². The normalized spacial score (nSPS) is 20.6. The van der Waals surface area contributed by atoms with E-state index in [4.69, 9.17) is 19.1 Å². The lowest BCUT2D eigenvalue weighted by molar-refractivity contribution is 0.0188. The number of oxime groups is 1. The smallest absolute Gasteiger partial charge is 0.410 e. The fourth-order valence-electron chi connectivity index (χ4n) is 5.17. The third-order valence-corrected chi connectivity index (χ3v) is 7.06. The summed E-state index contributed by atoms with van der Waals surface area (Å²) in [6, 6.07) is 17.1. The Hall–Kier alpha value is -4.21. The highest BCUT2D eigenvalue weighted by molar-refractivity contribution is 6.00. The molecule has 2 aliphatic heterocycles. The molecule has 0 unspecified atom stereocenters. The van der Waals surface area contributed by atoms with Gasteiger partial charge in [0.1, 0.15) is 18.8 Å². The van der Waals surface area contributed by atoms with E-state index in [1.807, 2.05) is 75.4 Å². The number of carbonyl (C=O) groups excluding carboxylic acids is 2. The summed E-state index contributed by atoms with van der Waals surface area (Å²) in [4.78, 5) is 39.4. The Labute approximate surface area is 233 Å². The molecule has 40 heavy (non-hydrogen) atoms. The summed E-state index contributed by atoms with van der Waals surface area (Å²) in [6.45, 7) is 6.92. The first-order valence-electron chi connectivity index (χ1n) is 13.6. The quantitative estimate of drug-likeness (QED) is 0.393. The Morgan fingerprint density at radius 2 is 1.77 bits per heavy atom. The maximum absolute atomic E-state index is 13.7. The van der Waals surface area contributed by atoms with Gasteiger partial charge in [-0.15, -0.1) is 0 Å². The number of hydrogen-bond acceptors (Lipinski definition) is 8. The predicted molar refractivity (Wildman–Crippen MR) is 149 cm³/mol. The number of aromatic nitrogens is 2. The minimum atomic E-state index is -0.566. The van der Waals surface area contributed by atoms with E-state index in [0.717, 1.165) is 29.7 Å². The summed E-state index contributed by atoms with van der Waals surface area (Å²) in [5.41, 5.74) is 2.84. The zero-order valence-corrected chi connectivity index (χ0v) is 23.4. The van der Waals surface area contributed by atoms with Crippen molar-refractivity contribution >= 4 is 17.7 Å². The van der Waals surface area contributed by atoms with E-state index in [0.29, 0.717) is 43.3 Å². The summed E-state index contributed by atoms with van der Waals surface area (Å²) in [5, 5.41) is 8.38. The van der Waals surface area contributed by atoms with Crippen molar-refractivity contribution in [1.29, 1.82) is 0 Å². The fourth-order valence-corrected chi connectivity index (χ4v) is 5.17. The van der Waals surface area contributed by atoms with Crippen molar-refractivity contribution in [2.24, 2.45) is 5.16 Å². The van der Waals surface area contributed by atoms with Gasteiger partial charge in [-0.2, -0.15) is 4.98 Å². The Balaban J connectivity index is 1.33. The third-order valence-electron chi connectivity index (χ3n) is 7.06. The number of ether oxygens (including phenoxy) is 1. The van der Waals surface area contributed by atoms with E-state index < -0.39 is 11.6 Å². The molecule has 3 heterocycles. The lowest BCUT2D eigenvalue weighted by atomic mass is 9.98. The molecule has 1 aromatic heterocycles. The van der Waals surface area contributed by atoms with Crippen LogP contribution in [0, 0.1) is 0 Å². The SMILES string of the molecule is CON=C1C[C@@H](c2noc([C@H]3CCCN(C(=O)OC(C)(C)C)C3)n2)N(C(=O)c2ccc(-c3ccccc3)cc2)C1. The van der Waals surface area contributed by atoms with E-state index in [2.05, 4.69) is 10.3 Å². The van der Waals surface area contributed by atoms with Gasteiger partial charge in [0, 0.05) is 25.1 Å². The largest absolute Gasteiger partial charge is 0.444 e. The van der Waals surface area contributed by atoms with Gasteiger partial charge in [0.05, 0.1) is 18.2 Å². The van der Waals surface area contributed by atoms with E-state index >= 15 is 0 Å². The molecule has 3 aromatic rings. The summed E-state index contributed by atoms with van der Waals surface area (Å²) in [7, 11) is 1.49. The monoisotopic (exact) mass is 545 g/mol. The highest BCUT2D eigenvalue weighted by Crippen LogP contribution is 2.33. The van der Waals surface area contributed by atoms with Gasteiger partial charge in [0.2, 0.25) is 5.89 Å². The number of likely N-dealkylation sites (tertiary alicyclic amines) is 2. The molecule has 0 bridgehead atoms. The molecule has 2 atom stereocenters. The van der Waals surface area contributed by atoms with Gasteiger partial charge in [0.15, 0.2) is 5.82 Å². The molecule has 2 aromatic carbocycles. The third kappa shape index (κ3) is 6.16. The molecular formula is C30H35N5O5. The number of nitrogens with zero attached hydrogens (tertiary/aromatic N) is 5. The van der Waals surface area contributed by atoms with E-state index in [1.165, 1.54) is 7.11 Å². The topological polar surface area (TPSA) is 110 Å². The van der Waals surface area contributed by atoms with E-state index in [-0.39, 0.29) is 17.9 Å². The van der Waals surface area contributed by atoms with Crippen LogP contribution in [0.3, 0.4) is 0 Å². The van der Waals surface area contributed by atoms with Crippen LogP contribution in [0.1, 0.15) is 74.1 Å². The minimum absolute atomic E-state index is 0.106. The van der Waals surface area contributed by atoms with Crippen LogP contribution in [0.5, 0.6) is 0 Å². The number of rotatable bonds is 5. The fraction of sp³-hybridized carbons (Fsp3) is 0.433. The van der Waals surface area contributed by atoms with Crippen LogP contribution in [0.15, 0.2) is 64.3 Å².